The van der Waals surface area contributed by atoms with Gasteiger partial charge in [-0.25, -0.2) is 0 Å². The highest BCUT2D eigenvalue weighted by Crippen LogP contribution is 2.07. The molecule has 1 saturated heterocycles. The van der Waals surface area contributed by atoms with Gasteiger partial charge in [0.05, 0.1) is 18.7 Å². The Bertz CT molecular complexity index is 375. The van der Waals surface area contributed by atoms with E-state index in [2.05, 4.69) is 10.6 Å². The van der Waals surface area contributed by atoms with Crippen molar-refractivity contribution in [2.45, 2.75) is 31.3 Å². The molecule has 1 amide bonds. The fourth-order valence-electron chi connectivity index (χ4n) is 2.27. The lowest BCUT2D eigenvalue weighted by atomic mass is 10.1. The van der Waals surface area contributed by atoms with Crippen LogP contribution in [0.3, 0.4) is 0 Å². The number of hydrogen-bond acceptors (Lipinski definition) is 3. The summed E-state index contributed by atoms with van der Waals surface area (Å²) in [7, 11) is 0. The van der Waals surface area contributed by atoms with Crippen LogP contribution in [0.1, 0.15) is 18.4 Å². The summed E-state index contributed by atoms with van der Waals surface area (Å²) in [6.07, 6.45) is 2.59. The second-order valence-corrected chi connectivity index (χ2v) is 4.73. The Balaban J connectivity index is 1.87. The highest BCUT2D eigenvalue weighted by atomic mass is 16.3. The van der Waals surface area contributed by atoms with Gasteiger partial charge in [-0.15, -0.1) is 0 Å². The maximum absolute atomic E-state index is 11.9. The van der Waals surface area contributed by atoms with Gasteiger partial charge in [-0.2, -0.15) is 0 Å². The van der Waals surface area contributed by atoms with Crippen molar-refractivity contribution in [3.63, 3.8) is 0 Å². The van der Waals surface area contributed by atoms with Gasteiger partial charge in [0.15, 0.2) is 0 Å². The van der Waals surface area contributed by atoms with E-state index in [1.54, 1.807) is 0 Å². The van der Waals surface area contributed by atoms with E-state index in [1.807, 2.05) is 30.3 Å². The second kappa shape index (κ2) is 6.52. The lowest BCUT2D eigenvalue weighted by molar-refractivity contribution is -0.123. The van der Waals surface area contributed by atoms with Crippen LogP contribution in [-0.4, -0.2) is 36.2 Å². The van der Waals surface area contributed by atoms with Crippen molar-refractivity contribution in [1.29, 1.82) is 0 Å². The Morgan fingerprint density at radius 3 is 2.83 bits per heavy atom. The van der Waals surface area contributed by atoms with Gasteiger partial charge in [-0.05, 0) is 31.4 Å². The molecule has 1 fully saturated rings. The molecular formula is C14H20N2O2. The normalized spacial score (nSPS) is 20.6. The Morgan fingerprint density at radius 1 is 1.44 bits per heavy atom. The number of nitrogens with one attached hydrogen (secondary N) is 2. The van der Waals surface area contributed by atoms with Crippen LogP contribution >= 0.6 is 0 Å². The smallest absolute Gasteiger partial charge is 0.237 e. The molecule has 3 N–H and O–H groups in total. The topological polar surface area (TPSA) is 61.4 Å². The fourth-order valence-corrected chi connectivity index (χ4v) is 2.27. The monoisotopic (exact) mass is 248 g/mol. The molecule has 4 nitrogen and oxygen atoms in total. The number of amides is 1. The number of rotatable bonds is 5. The van der Waals surface area contributed by atoms with Crippen LogP contribution < -0.4 is 10.6 Å². The van der Waals surface area contributed by atoms with E-state index in [0.29, 0.717) is 6.42 Å². The van der Waals surface area contributed by atoms with Crippen molar-refractivity contribution in [2.24, 2.45) is 0 Å². The van der Waals surface area contributed by atoms with Crippen LogP contribution in [0, 0.1) is 0 Å². The molecule has 18 heavy (non-hydrogen) atoms. The Hall–Kier alpha value is -1.39. The van der Waals surface area contributed by atoms with Gasteiger partial charge < -0.3 is 15.7 Å². The maximum Gasteiger partial charge on any atom is 0.237 e. The van der Waals surface area contributed by atoms with Gasteiger partial charge in [-0.3, -0.25) is 4.79 Å². The molecule has 0 spiro atoms. The van der Waals surface area contributed by atoms with Crippen molar-refractivity contribution in [2.75, 3.05) is 13.2 Å². The van der Waals surface area contributed by atoms with Crippen LogP contribution in [-0.2, 0) is 11.2 Å². The number of benzene rings is 1. The van der Waals surface area contributed by atoms with Gasteiger partial charge in [0.25, 0.3) is 0 Å². The van der Waals surface area contributed by atoms with E-state index in [9.17, 15) is 9.90 Å². The maximum atomic E-state index is 11.9. The van der Waals surface area contributed by atoms with Crippen LogP contribution in [0.5, 0.6) is 0 Å². The van der Waals surface area contributed by atoms with Gasteiger partial charge in [0, 0.05) is 0 Å². The second-order valence-electron chi connectivity index (χ2n) is 4.73. The molecule has 4 heteroatoms. The molecule has 0 unspecified atom stereocenters. The minimum absolute atomic E-state index is 0.00230. The first-order chi connectivity index (χ1) is 8.79. The van der Waals surface area contributed by atoms with E-state index < -0.39 is 0 Å². The summed E-state index contributed by atoms with van der Waals surface area (Å²) in [4.78, 5) is 11.9. The predicted molar refractivity (Wildman–Crippen MR) is 70.2 cm³/mol. The third-order valence-corrected chi connectivity index (χ3v) is 3.27. The number of carbonyl (C=O) groups excluding carboxylic acids is 1. The average Bonchev–Trinajstić information content (AvgIpc) is 2.93. The van der Waals surface area contributed by atoms with Gasteiger partial charge in [0.1, 0.15) is 0 Å². The molecule has 1 aromatic rings. The Morgan fingerprint density at radius 2 is 2.22 bits per heavy atom. The quantitative estimate of drug-likeness (QED) is 0.709. The Kier molecular flexibility index (Phi) is 4.73. The number of aliphatic hydroxyl groups is 1. The van der Waals surface area contributed by atoms with Crippen molar-refractivity contribution < 1.29 is 9.90 Å². The zero-order valence-electron chi connectivity index (χ0n) is 10.4. The zero-order valence-corrected chi connectivity index (χ0v) is 10.4. The molecule has 2 atom stereocenters. The standard InChI is InChI=1S/C14H20N2O2/c17-10-12(9-11-5-2-1-3-6-11)16-14(18)13-7-4-8-15-13/h1-3,5-6,12-13,15,17H,4,7-10H2,(H,16,18)/t12-,13-/m1/s1. The van der Waals surface area contributed by atoms with E-state index in [-0.39, 0.29) is 24.6 Å². The van der Waals surface area contributed by atoms with Crippen LogP contribution in [0.25, 0.3) is 0 Å². The lowest BCUT2D eigenvalue weighted by Gasteiger charge is -2.19. The molecule has 0 radical (unpaired) electrons. The highest BCUT2D eigenvalue weighted by Gasteiger charge is 2.23. The summed E-state index contributed by atoms with van der Waals surface area (Å²) >= 11 is 0. The van der Waals surface area contributed by atoms with Crippen molar-refractivity contribution in [1.82, 2.24) is 10.6 Å². The summed E-state index contributed by atoms with van der Waals surface area (Å²) in [5.41, 5.74) is 1.12. The predicted octanol–water partition coefficient (Wildman–Crippen LogP) is 0.458. The SMILES string of the molecule is O=C(N[C@@H](CO)Cc1ccccc1)[C@H]1CCCN1. The minimum atomic E-state index is -0.206. The first-order valence-corrected chi connectivity index (χ1v) is 6.48. The molecule has 1 heterocycles. The van der Waals surface area contributed by atoms with Gasteiger partial charge in [-0.1, -0.05) is 30.3 Å². The first-order valence-electron chi connectivity index (χ1n) is 6.48. The number of carbonyl (C=O) groups is 1. The average molecular weight is 248 g/mol. The third-order valence-electron chi connectivity index (χ3n) is 3.27. The van der Waals surface area contributed by atoms with E-state index in [0.717, 1.165) is 24.9 Å². The molecule has 0 bridgehead atoms. The summed E-state index contributed by atoms with van der Waals surface area (Å²) in [6, 6.07) is 9.59. The first kappa shape index (κ1) is 13.1. The summed E-state index contributed by atoms with van der Waals surface area (Å²) in [6.45, 7) is 0.869. The highest BCUT2D eigenvalue weighted by molar-refractivity contribution is 5.82. The largest absolute Gasteiger partial charge is 0.394 e. The molecule has 0 aromatic heterocycles. The fraction of sp³-hybridized carbons (Fsp3) is 0.500. The molecule has 1 aromatic carbocycles. The van der Waals surface area contributed by atoms with Crippen LogP contribution in [0.4, 0.5) is 0 Å². The van der Waals surface area contributed by atoms with Crippen molar-refractivity contribution in [3.05, 3.63) is 35.9 Å². The molecule has 1 aliphatic rings. The molecule has 0 saturated carbocycles. The van der Waals surface area contributed by atoms with Gasteiger partial charge >= 0.3 is 0 Å². The van der Waals surface area contributed by atoms with E-state index >= 15 is 0 Å². The number of aliphatic hydroxyl groups excluding tert-OH is 1. The van der Waals surface area contributed by atoms with Crippen LogP contribution in [0.15, 0.2) is 30.3 Å². The minimum Gasteiger partial charge on any atom is -0.394 e. The lowest BCUT2D eigenvalue weighted by Crippen LogP contribution is -2.47. The third kappa shape index (κ3) is 3.55. The van der Waals surface area contributed by atoms with Gasteiger partial charge in [0.2, 0.25) is 5.91 Å². The molecule has 98 valence electrons. The van der Waals surface area contributed by atoms with Crippen molar-refractivity contribution in [3.8, 4) is 0 Å². The molecule has 0 aliphatic carbocycles. The zero-order chi connectivity index (χ0) is 12.8. The van der Waals surface area contributed by atoms with Crippen molar-refractivity contribution >= 4 is 5.91 Å². The summed E-state index contributed by atoms with van der Waals surface area (Å²) < 4.78 is 0. The Labute approximate surface area is 107 Å². The summed E-state index contributed by atoms with van der Waals surface area (Å²) in [5.74, 6) is 0.00230. The van der Waals surface area contributed by atoms with E-state index in [4.69, 9.17) is 0 Å². The summed E-state index contributed by atoms with van der Waals surface area (Å²) in [5, 5.41) is 15.4. The molecule has 2 rings (SSSR count). The van der Waals surface area contributed by atoms with E-state index in [1.165, 1.54) is 0 Å². The molecular weight excluding hydrogens is 228 g/mol. The number of hydrogen-bond donors (Lipinski definition) is 3. The molecule has 1 aliphatic heterocycles. The van der Waals surface area contributed by atoms with Crippen LogP contribution in [0.2, 0.25) is 0 Å².